The summed E-state index contributed by atoms with van der Waals surface area (Å²) in [6.07, 6.45) is -4.81. The van der Waals surface area contributed by atoms with Gasteiger partial charge in [0, 0.05) is 63.7 Å². The number of hydrogen-bond donors (Lipinski definition) is 3. The van der Waals surface area contributed by atoms with E-state index in [0.29, 0.717) is 17.0 Å². The Morgan fingerprint density at radius 2 is 1.11 bits per heavy atom. The van der Waals surface area contributed by atoms with Crippen LogP contribution in [0.4, 0.5) is 37.7 Å². The smallest absolute Gasteiger partial charge is 0.398 e. The molecule has 2 heterocycles. The summed E-state index contributed by atoms with van der Waals surface area (Å²) in [5.41, 5.74) is 2.62. The van der Waals surface area contributed by atoms with Crippen molar-refractivity contribution in [2.75, 3.05) is 23.7 Å². The molecule has 0 saturated carbocycles. The highest BCUT2D eigenvalue weighted by Gasteiger charge is 2.36. The number of hydrogen-bond acceptors (Lipinski definition) is 6. The first kappa shape index (κ1) is 41.4. The summed E-state index contributed by atoms with van der Waals surface area (Å²) >= 11 is 0. The second-order valence-electron chi connectivity index (χ2n) is 11.8. The minimum absolute atomic E-state index is 0.185. The van der Waals surface area contributed by atoms with Crippen molar-refractivity contribution in [3.63, 3.8) is 0 Å². The van der Waals surface area contributed by atoms with Gasteiger partial charge in [-0.3, -0.25) is 19.3 Å². The topological polar surface area (TPSA) is 108 Å². The van der Waals surface area contributed by atoms with Crippen molar-refractivity contribution in [1.29, 1.82) is 0 Å². The van der Waals surface area contributed by atoms with E-state index in [1.807, 2.05) is 4.90 Å². The van der Waals surface area contributed by atoms with E-state index in [9.17, 15) is 40.7 Å². The Balaban J connectivity index is 0.000000325. The van der Waals surface area contributed by atoms with E-state index in [0.717, 1.165) is 57.2 Å². The van der Waals surface area contributed by atoms with Gasteiger partial charge in [0.25, 0.3) is 0 Å². The third-order valence-electron chi connectivity index (χ3n) is 7.19. The Labute approximate surface area is 273 Å². The average molecular weight is 676 g/mol. The van der Waals surface area contributed by atoms with Crippen LogP contribution < -0.4 is 21.3 Å². The molecule has 0 aliphatic carbocycles. The van der Waals surface area contributed by atoms with Crippen molar-refractivity contribution >= 4 is 29.1 Å². The lowest BCUT2D eigenvalue weighted by Crippen LogP contribution is -2.55. The highest BCUT2D eigenvalue weighted by molar-refractivity contribution is 6.13. The zero-order valence-electron chi connectivity index (χ0n) is 27.9. The van der Waals surface area contributed by atoms with E-state index < -0.39 is 41.0 Å². The number of alkyl halides is 6. The van der Waals surface area contributed by atoms with Crippen LogP contribution in [0.1, 0.15) is 78.9 Å². The molecule has 0 aromatic heterocycles. The van der Waals surface area contributed by atoms with Crippen LogP contribution in [0.15, 0.2) is 48.5 Å². The fraction of sp³-hybridized carbons (Fsp3) is 0.545. The van der Waals surface area contributed by atoms with E-state index in [1.54, 1.807) is 6.92 Å². The quantitative estimate of drug-likeness (QED) is 0.231. The predicted molar refractivity (Wildman–Crippen MR) is 171 cm³/mol. The van der Waals surface area contributed by atoms with Crippen LogP contribution in [0, 0.1) is 0 Å². The molecule has 4 atom stereocenters. The van der Waals surface area contributed by atoms with Crippen LogP contribution in [0.2, 0.25) is 0 Å². The summed E-state index contributed by atoms with van der Waals surface area (Å²) in [6.45, 7) is 14.1. The highest BCUT2D eigenvalue weighted by Crippen LogP contribution is 2.36. The molecular weight excluding hydrogens is 628 g/mol. The molecule has 264 valence electrons. The van der Waals surface area contributed by atoms with Crippen molar-refractivity contribution in [3.8, 4) is 0 Å². The number of piperazine rings is 1. The molecule has 4 rings (SSSR count). The molecule has 0 spiro atoms. The highest BCUT2D eigenvalue weighted by atomic mass is 19.4. The number of amides is 3. The Morgan fingerprint density at radius 3 is 1.45 bits per heavy atom. The van der Waals surface area contributed by atoms with Gasteiger partial charge in [-0.2, -0.15) is 26.3 Å². The van der Waals surface area contributed by atoms with E-state index in [4.69, 9.17) is 5.73 Å². The normalized spacial score (nSPS) is 21.0. The number of rotatable bonds is 1. The van der Waals surface area contributed by atoms with Crippen LogP contribution in [-0.2, 0) is 26.7 Å². The third kappa shape index (κ3) is 14.8. The fourth-order valence-corrected chi connectivity index (χ4v) is 5.19. The lowest BCUT2D eigenvalue weighted by Gasteiger charge is -2.35. The van der Waals surface area contributed by atoms with Gasteiger partial charge in [0.15, 0.2) is 0 Å². The molecule has 2 aliphatic rings. The number of nitrogen functional groups attached to an aromatic ring is 1. The number of imide groups is 1. The summed E-state index contributed by atoms with van der Waals surface area (Å²) in [6, 6.07) is 11.8. The molecule has 8 nitrogen and oxygen atoms in total. The lowest BCUT2D eigenvalue weighted by atomic mass is 10.0. The molecule has 2 aromatic rings. The molecule has 3 amide bonds. The van der Waals surface area contributed by atoms with Crippen molar-refractivity contribution in [2.45, 2.75) is 104 Å². The van der Waals surface area contributed by atoms with Crippen molar-refractivity contribution in [2.24, 2.45) is 0 Å². The van der Waals surface area contributed by atoms with Crippen LogP contribution >= 0.6 is 0 Å². The summed E-state index contributed by atoms with van der Waals surface area (Å²) in [5.74, 6) is -1.33. The van der Waals surface area contributed by atoms with Crippen LogP contribution in [0.25, 0.3) is 0 Å². The molecule has 4 N–H and O–H groups in total. The minimum atomic E-state index is -4.61. The Morgan fingerprint density at radius 1 is 0.702 bits per heavy atom. The Bertz CT molecular complexity index is 1270. The molecule has 2 aliphatic heterocycles. The average Bonchev–Trinajstić information content (AvgIpc) is 2.92. The second-order valence-corrected chi connectivity index (χ2v) is 11.8. The molecule has 47 heavy (non-hydrogen) atoms. The van der Waals surface area contributed by atoms with Gasteiger partial charge in [-0.1, -0.05) is 30.7 Å². The maximum atomic E-state index is 12.7. The number of anilines is 2. The SMILES string of the molecule is CC(=O)N(C(C)=O)c1ccccc1C(F)(F)F.CC(=O)N1C[C@@H](C)N[C@@H](C)C1.C[C@@H]1CCC[C@H](C)N1.Nc1ccccc1C(F)(F)F. The van der Waals surface area contributed by atoms with Gasteiger partial charge in [0.1, 0.15) is 0 Å². The zero-order chi connectivity index (χ0) is 36.1. The molecule has 2 aromatic carbocycles. The van der Waals surface area contributed by atoms with Gasteiger partial charge in [-0.15, -0.1) is 0 Å². The molecule has 2 saturated heterocycles. The molecule has 0 radical (unpaired) electrons. The monoisotopic (exact) mass is 675 g/mol. The molecule has 0 unspecified atom stereocenters. The first-order valence-electron chi connectivity index (χ1n) is 15.3. The second kappa shape index (κ2) is 18.6. The third-order valence-corrected chi connectivity index (χ3v) is 7.19. The van der Waals surface area contributed by atoms with E-state index >= 15 is 0 Å². The molecular formula is C33H47F6N5O3. The summed E-state index contributed by atoms with van der Waals surface area (Å²) < 4.78 is 74.0. The number of nitrogens with two attached hydrogens (primary N) is 1. The van der Waals surface area contributed by atoms with Crippen LogP contribution in [-0.4, -0.2) is 59.9 Å². The largest absolute Gasteiger partial charge is 0.418 e. The number of para-hydroxylation sites is 2. The summed E-state index contributed by atoms with van der Waals surface area (Å²) in [7, 11) is 0. The lowest BCUT2D eigenvalue weighted by molar-refractivity contribution is -0.138. The van der Waals surface area contributed by atoms with E-state index in [-0.39, 0.29) is 11.6 Å². The van der Waals surface area contributed by atoms with E-state index in [2.05, 4.69) is 38.3 Å². The van der Waals surface area contributed by atoms with E-state index in [1.165, 1.54) is 49.6 Å². The number of piperidine rings is 1. The number of halogens is 6. The number of benzene rings is 2. The van der Waals surface area contributed by atoms with Gasteiger partial charge in [-0.25, -0.2) is 0 Å². The summed E-state index contributed by atoms with van der Waals surface area (Å²) in [5, 5.41) is 6.85. The maximum absolute atomic E-state index is 12.7. The molecule has 0 bridgehead atoms. The van der Waals surface area contributed by atoms with Gasteiger partial charge in [-0.05, 0) is 64.8 Å². The standard InChI is InChI=1S/C11H10F3NO2.C8H16N2O.C7H6F3N.C7H15N/c1-7(16)15(8(2)17)10-6-4-3-5-9(10)11(12,13)14;1-6-4-10(8(3)11)5-7(2)9-6;8-7(9,10)5-3-1-2-4-6(5)11;1-6-4-3-5-7(2)8-6/h3-6H,1-2H3;6-7,9H,4-5H2,1-3H3;1-4H,11H2;6-8H,3-5H2,1-2H3/t;6-,7+;;6-,7+. The minimum Gasteiger partial charge on any atom is -0.398 e. The van der Waals surface area contributed by atoms with Gasteiger partial charge in [0.05, 0.1) is 16.8 Å². The number of carbonyl (C=O) groups excluding carboxylic acids is 3. The van der Waals surface area contributed by atoms with Crippen molar-refractivity contribution in [1.82, 2.24) is 15.5 Å². The van der Waals surface area contributed by atoms with Gasteiger partial charge < -0.3 is 21.3 Å². The summed E-state index contributed by atoms with van der Waals surface area (Å²) in [4.78, 5) is 35.8. The fourth-order valence-electron chi connectivity index (χ4n) is 5.19. The zero-order valence-corrected chi connectivity index (χ0v) is 27.9. The van der Waals surface area contributed by atoms with Crippen molar-refractivity contribution < 1.29 is 40.7 Å². The molecule has 2 fully saturated rings. The maximum Gasteiger partial charge on any atom is 0.418 e. The first-order valence-corrected chi connectivity index (χ1v) is 15.3. The Kier molecular flexibility index (Phi) is 16.4. The first-order chi connectivity index (χ1) is 21.6. The van der Waals surface area contributed by atoms with Gasteiger partial charge in [0.2, 0.25) is 17.7 Å². The predicted octanol–water partition coefficient (Wildman–Crippen LogP) is 6.64. The molecule has 14 heteroatoms. The van der Waals surface area contributed by atoms with Gasteiger partial charge >= 0.3 is 12.4 Å². The van der Waals surface area contributed by atoms with Crippen LogP contribution in [0.3, 0.4) is 0 Å². The van der Waals surface area contributed by atoms with Crippen LogP contribution in [0.5, 0.6) is 0 Å². The number of nitrogens with one attached hydrogen (secondary N) is 2. The van der Waals surface area contributed by atoms with Crippen molar-refractivity contribution in [3.05, 3.63) is 59.7 Å². The number of nitrogens with zero attached hydrogens (tertiary/aromatic N) is 2. The Hall–Kier alpha value is -3.65. The number of carbonyl (C=O) groups is 3.